The maximum Gasteiger partial charge on any atom is 0.325 e. The number of hydrogen-bond donors (Lipinski definition) is 1. The van der Waals surface area contributed by atoms with Gasteiger partial charge in [-0.3, -0.25) is 9.69 Å². The summed E-state index contributed by atoms with van der Waals surface area (Å²) in [5.74, 6) is -0.128. The molecule has 1 aliphatic heterocycles. The van der Waals surface area contributed by atoms with Crippen LogP contribution in [0.15, 0.2) is 15.9 Å². The van der Waals surface area contributed by atoms with Crippen LogP contribution in [0.2, 0.25) is 0 Å². The molecule has 0 radical (unpaired) electrons. The van der Waals surface area contributed by atoms with E-state index in [-0.39, 0.29) is 18.0 Å². The Bertz CT molecular complexity index is 432. The number of carbonyl (C=O) groups is 2. The largest absolute Gasteiger partial charge is 0.326 e. The summed E-state index contributed by atoms with van der Waals surface area (Å²) in [6.45, 7) is 2.24. The summed E-state index contributed by atoms with van der Waals surface area (Å²) < 4.78 is 1.00. The molecule has 0 aliphatic carbocycles. The van der Waals surface area contributed by atoms with Crippen LogP contribution in [-0.4, -0.2) is 22.9 Å². The SMILES string of the molecule is CC[C@@H]1NC(=O)N(Cc2ccc(Br)s2)C1=O. The van der Waals surface area contributed by atoms with Gasteiger partial charge in [-0.25, -0.2) is 4.79 Å². The first-order chi connectivity index (χ1) is 7.61. The molecule has 16 heavy (non-hydrogen) atoms. The van der Waals surface area contributed by atoms with Crippen molar-refractivity contribution in [2.45, 2.75) is 25.9 Å². The second kappa shape index (κ2) is 4.55. The van der Waals surface area contributed by atoms with Gasteiger partial charge in [0, 0.05) is 4.88 Å². The Morgan fingerprint density at radius 3 is 2.75 bits per heavy atom. The van der Waals surface area contributed by atoms with E-state index in [0.717, 1.165) is 8.66 Å². The number of rotatable bonds is 3. The van der Waals surface area contributed by atoms with Gasteiger partial charge in [0.25, 0.3) is 5.91 Å². The molecule has 1 N–H and O–H groups in total. The Balaban J connectivity index is 2.10. The highest BCUT2D eigenvalue weighted by Crippen LogP contribution is 2.24. The first-order valence-corrected chi connectivity index (χ1v) is 6.59. The fourth-order valence-electron chi connectivity index (χ4n) is 1.60. The lowest BCUT2D eigenvalue weighted by Gasteiger charge is -2.10. The molecule has 2 heterocycles. The van der Waals surface area contributed by atoms with Gasteiger partial charge in [0.15, 0.2) is 0 Å². The summed E-state index contributed by atoms with van der Waals surface area (Å²) >= 11 is 4.88. The van der Waals surface area contributed by atoms with E-state index in [1.807, 2.05) is 19.1 Å². The van der Waals surface area contributed by atoms with Gasteiger partial charge < -0.3 is 5.32 Å². The van der Waals surface area contributed by atoms with E-state index in [1.54, 1.807) is 0 Å². The normalized spacial score (nSPS) is 20.4. The van der Waals surface area contributed by atoms with E-state index in [2.05, 4.69) is 21.2 Å². The molecule has 0 saturated carbocycles. The Kier molecular flexibility index (Phi) is 3.30. The molecule has 0 unspecified atom stereocenters. The van der Waals surface area contributed by atoms with Crippen molar-refractivity contribution in [3.8, 4) is 0 Å². The van der Waals surface area contributed by atoms with Gasteiger partial charge in [0.1, 0.15) is 6.04 Å². The minimum absolute atomic E-state index is 0.128. The van der Waals surface area contributed by atoms with Crippen LogP contribution in [0.25, 0.3) is 0 Å². The standard InChI is InChI=1S/C10H11BrN2O2S/c1-2-7-9(14)13(10(15)12-7)5-6-3-4-8(11)16-6/h3-4,7H,2,5H2,1H3,(H,12,15)/t7-/m0/s1. The highest BCUT2D eigenvalue weighted by Gasteiger charge is 2.36. The summed E-state index contributed by atoms with van der Waals surface area (Å²) in [6.07, 6.45) is 0.634. The molecule has 1 saturated heterocycles. The summed E-state index contributed by atoms with van der Waals surface area (Å²) in [5.41, 5.74) is 0. The molecule has 0 bridgehead atoms. The van der Waals surface area contributed by atoms with Gasteiger partial charge in [-0.05, 0) is 34.5 Å². The smallest absolute Gasteiger partial charge is 0.325 e. The molecular weight excluding hydrogens is 292 g/mol. The van der Waals surface area contributed by atoms with Crippen molar-refractivity contribution in [3.05, 3.63) is 20.8 Å². The Morgan fingerprint density at radius 2 is 2.25 bits per heavy atom. The maximum atomic E-state index is 11.8. The predicted molar refractivity (Wildman–Crippen MR) is 65.2 cm³/mol. The third kappa shape index (κ3) is 2.12. The van der Waals surface area contributed by atoms with Gasteiger partial charge in [-0.1, -0.05) is 6.92 Å². The molecule has 1 aliphatic rings. The number of halogens is 1. The molecule has 3 amide bonds. The molecule has 1 aromatic rings. The average molecular weight is 303 g/mol. The number of amides is 3. The van der Waals surface area contributed by atoms with Gasteiger partial charge >= 0.3 is 6.03 Å². The van der Waals surface area contributed by atoms with Crippen LogP contribution in [0.1, 0.15) is 18.2 Å². The van der Waals surface area contributed by atoms with Gasteiger partial charge in [-0.2, -0.15) is 0 Å². The molecule has 0 spiro atoms. The highest BCUT2D eigenvalue weighted by molar-refractivity contribution is 9.11. The highest BCUT2D eigenvalue weighted by atomic mass is 79.9. The minimum atomic E-state index is -0.351. The van der Waals surface area contributed by atoms with Crippen molar-refractivity contribution in [1.29, 1.82) is 0 Å². The number of imide groups is 1. The van der Waals surface area contributed by atoms with Crippen LogP contribution >= 0.6 is 27.3 Å². The van der Waals surface area contributed by atoms with E-state index >= 15 is 0 Å². The Morgan fingerprint density at radius 1 is 1.50 bits per heavy atom. The lowest BCUT2D eigenvalue weighted by molar-refractivity contribution is -0.127. The quantitative estimate of drug-likeness (QED) is 0.871. The zero-order chi connectivity index (χ0) is 11.7. The molecular formula is C10H11BrN2O2S. The maximum absolute atomic E-state index is 11.8. The summed E-state index contributed by atoms with van der Waals surface area (Å²) in [5, 5.41) is 2.66. The fourth-order valence-corrected chi connectivity index (χ4v) is 3.07. The van der Waals surface area contributed by atoms with Crippen molar-refractivity contribution < 1.29 is 9.59 Å². The van der Waals surface area contributed by atoms with Crippen molar-refractivity contribution in [2.75, 3.05) is 0 Å². The Labute approximate surface area is 106 Å². The summed E-state index contributed by atoms with van der Waals surface area (Å²) in [4.78, 5) is 25.6. The average Bonchev–Trinajstić information content (AvgIpc) is 2.77. The molecule has 2 rings (SSSR count). The molecule has 1 fully saturated rings. The summed E-state index contributed by atoms with van der Waals surface area (Å²) in [6, 6.07) is 3.18. The molecule has 86 valence electrons. The molecule has 0 aromatic carbocycles. The number of thiophene rings is 1. The van der Waals surface area contributed by atoms with E-state index in [0.29, 0.717) is 13.0 Å². The number of carbonyl (C=O) groups excluding carboxylic acids is 2. The van der Waals surface area contributed by atoms with Crippen LogP contribution in [-0.2, 0) is 11.3 Å². The second-order valence-electron chi connectivity index (χ2n) is 3.54. The van der Waals surface area contributed by atoms with Gasteiger partial charge in [0.05, 0.1) is 10.3 Å². The van der Waals surface area contributed by atoms with Crippen LogP contribution in [0.4, 0.5) is 4.79 Å². The van der Waals surface area contributed by atoms with Gasteiger partial charge in [0.2, 0.25) is 0 Å². The molecule has 4 nitrogen and oxygen atoms in total. The molecule has 6 heteroatoms. The van der Waals surface area contributed by atoms with Crippen molar-refractivity contribution >= 4 is 39.2 Å². The van der Waals surface area contributed by atoms with E-state index < -0.39 is 0 Å². The topological polar surface area (TPSA) is 49.4 Å². The third-order valence-electron chi connectivity index (χ3n) is 2.46. The van der Waals surface area contributed by atoms with Crippen LogP contribution < -0.4 is 5.32 Å². The first-order valence-electron chi connectivity index (χ1n) is 4.98. The predicted octanol–water partition coefficient (Wildman–Crippen LogP) is 2.34. The summed E-state index contributed by atoms with van der Waals surface area (Å²) in [7, 11) is 0. The monoisotopic (exact) mass is 302 g/mol. The van der Waals surface area contributed by atoms with Crippen molar-refractivity contribution in [1.82, 2.24) is 10.2 Å². The number of urea groups is 1. The molecule has 1 atom stereocenters. The zero-order valence-electron chi connectivity index (χ0n) is 8.70. The van der Waals surface area contributed by atoms with Gasteiger partial charge in [-0.15, -0.1) is 11.3 Å². The van der Waals surface area contributed by atoms with Crippen LogP contribution in [0.3, 0.4) is 0 Å². The number of nitrogens with zero attached hydrogens (tertiary/aromatic N) is 1. The fraction of sp³-hybridized carbons (Fsp3) is 0.400. The van der Waals surface area contributed by atoms with Crippen LogP contribution in [0.5, 0.6) is 0 Å². The minimum Gasteiger partial charge on any atom is -0.326 e. The number of hydrogen-bond acceptors (Lipinski definition) is 3. The Hall–Kier alpha value is -0.880. The zero-order valence-corrected chi connectivity index (χ0v) is 11.1. The number of nitrogens with one attached hydrogen (secondary N) is 1. The van der Waals surface area contributed by atoms with Crippen molar-refractivity contribution in [3.63, 3.8) is 0 Å². The first kappa shape index (κ1) is 11.6. The van der Waals surface area contributed by atoms with Crippen LogP contribution in [0, 0.1) is 0 Å². The van der Waals surface area contributed by atoms with E-state index in [1.165, 1.54) is 16.2 Å². The van der Waals surface area contributed by atoms with Crippen molar-refractivity contribution in [2.24, 2.45) is 0 Å². The molecule has 1 aromatic heterocycles. The third-order valence-corrected chi connectivity index (χ3v) is 4.07. The second-order valence-corrected chi connectivity index (χ2v) is 6.09. The lowest BCUT2D eigenvalue weighted by Crippen LogP contribution is -2.30. The lowest BCUT2D eigenvalue weighted by atomic mass is 10.2. The van der Waals surface area contributed by atoms with E-state index in [4.69, 9.17) is 0 Å². The van der Waals surface area contributed by atoms with E-state index in [9.17, 15) is 9.59 Å².